The van der Waals surface area contributed by atoms with Gasteiger partial charge in [0.2, 0.25) is 0 Å². The molecule has 2 aromatic rings. The van der Waals surface area contributed by atoms with Gasteiger partial charge in [-0.05, 0) is 38.3 Å². The number of piperidine rings is 1. The van der Waals surface area contributed by atoms with Crippen LogP contribution in [0.5, 0.6) is 0 Å². The van der Waals surface area contributed by atoms with E-state index >= 15 is 0 Å². The lowest BCUT2D eigenvalue weighted by Gasteiger charge is -2.38. The summed E-state index contributed by atoms with van der Waals surface area (Å²) in [6.07, 6.45) is 3.54. The van der Waals surface area contributed by atoms with E-state index in [-0.39, 0.29) is 12.1 Å². The number of nitriles is 1. The van der Waals surface area contributed by atoms with E-state index in [1.54, 1.807) is 6.20 Å². The number of aromatic nitrogens is 1. The van der Waals surface area contributed by atoms with Crippen molar-refractivity contribution in [2.45, 2.75) is 32.7 Å². The largest absolute Gasteiger partial charge is 0.370 e. The molecule has 2 aliphatic heterocycles. The normalized spacial score (nSPS) is 18.3. The molecule has 2 aliphatic rings. The molecule has 4 rings (SSSR count). The van der Waals surface area contributed by atoms with Gasteiger partial charge in [0.1, 0.15) is 6.07 Å². The fraction of sp³-hybridized carbons (Fsp3) is 0.450. The first kappa shape index (κ1) is 16.6. The van der Waals surface area contributed by atoms with Gasteiger partial charge in [0.15, 0.2) is 0 Å². The van der Waals surface area contributed by atoms with Crippen molar-refractivity contribution in [2.75, 3.05) is 31.1 Å². The minimum absolute atomic E-state index is 0.0572. The molecule has 0 spiro atoms. The van der Waals surface area contributed by atoms with Crippen molar-refractivity contribution in [1.82, 2.24) is 15.2 Å². The number of urea groups is 1. The Hall–Kier alpha value is -2.81. The van der Waals surface area contributed by atoms with E-state index in [4.69, 9.17) is 0 Å². The third kappa shape index (κ3) is 2.74. The Bertz CT molecular complexity index is 909. The predicted octanol–water partition coefficient (Wildman–Crippen LogP) is 2.72. The Balaban J connectivity index is 1.67. The molecule has 0 radical (unpaired) electrons. The highest BCUT2D eigenvalue weighted by Crippen LogP contribution is 2.34. The lowest BCUT2D eigenvalue weighted by molar-refractivity contribution is 0.186. The third-order valence-electron chi connectivity index (χ3n) is 5.51. The maximum Gasteiger partial charge on any atom is 0.317 e. The average molecular weight is 349 g/mol. The molecule has 26 heavy (non-hydrogen) atoms. The molecule has 134 valence electrons. The van der Waals surface area contributed by atoms with Crippen molar-refractivity contribution in [2.24, 2.45) is 0 Å². The van der Waals surface area contributed by atoms with Crippen molar-refractivity contribution in [1.29, 1.82) is 5.26 Å². The predicted molar refractivity (Wildman–Crippen MR) is 101 cm³/mol. The van der Waals surface area contributed by atoms with Crippen LogP contribution in [-0.2, 0) is 0 Å². The van der Waals surface area contributed by atoms with Gasteiger partial charge in [0.25, 0.3) is 0 Å². The van der Waals surface area contributed by atoms with E-state index in [0.29, 0.717) is 5.56 Å². The van der Waals surface area contributed by atoms with E-state index in [9.17, 15) is 10.1 Å². The van der Waals surface area contributed by atoms with Gasteiger partial charge in [-0.15, -0.1) is 0 Å². The maximum absolute atomic E-state index is 11.9. The van der Waals surface area contributed by atoms with E-state index in [1.165, 1.54) is 5.56 Å². The monoisotopic (exact) mass is 349 g/mol. The minimum Gasteiger partial charge on any atom is -0.370 e. The number of nitrogens with zero attached hydrogens (tertiary/aromatic N) is 4. The van der Waals surface area contributed by atoms with Gasteiger partial charge in [0, 0.05) is 43.8 Å². The summed E-state index contributed by atoms with van der Waals surface area (Å²) >= 11 is 0. The smallest absolute Gasteiger partial charge is 0.317 e. The Morgan fingerprint density at radius 3 is 2.65 bits per heavy atom. The standard InChI is InChI=1S/C20H23N5O/c1-13-9-14(2)18-17(10-13)19(15(11-21)12-23-18)24-6-3-16(4-7-24)25-8-5-22-20(25)26/h9-10,12,16H,3-8H2,1-2H3,(H,22,26). The number of rotatable bonds is 2. The highest BCUT2D eigenvalue weighted by atomic mass is 16.2. The van der Waals surface area contributed by atoms with Gasteiger partial charge in [-0.3, -0.25) is 4.98 Å². The first-order valence-electron chi connectivity index (χ1n) is 9.18. The zero-order valence-corrected chi connectivity index (χ0v) is 15.2. The van der Waals surface area contributed by atoms with E-state index in [1.807, 2.05) is 4.90 Å². The molecule has 1 aromatic heterocycles. The number of carbonyl (C=O) groups is 1. The summed E-state index contributed by atoms with van der Waals surface area (Å²) in [6.45, 7) is 7.36. The van der Waals surface area contributed by atoms with Crippen LogP contribution >= 0.6 is 0 Å². The summed E-state index contributed by atoms with van der Waals surface area (Å²) in [5.74, 6) is 0. The number of nitrogens with one attached hydrogen (secondary N) is 1. The molecule has 1 N–H and O–H groups in total. The fourth-order valence-electron chi connectivity index (χ4n) is 4.31. The number of carbonyl (C=O) groups excluding carboxylic acids is 1. The van der Waals surface area contributed by atoms with E-state index in [2.05, 4.69) is 47.3 Å². The lowest BCUT2D eigenvalue weighted by atomic mass is 9.99. The highest BCUT2D eigenvalue weighted by molar-refractivity contribution is 5.96. The molecule has 6 nitrogen and oxygen atoms in total. The van der Waals surface area contributed by atoms with Crippen molar-refractivity contribution in [3.63, 3.8) is 0 Å². The first-order valence-corrected chi connectivity index (χ1v) is 9.18. The Kier molecular flexibility index (Phi) is 4.15. The zero-order chi connectivity index (χ0) is 18.3. The Morgan fingerprint density at radius 2 is 2.00 bits per heavy atom. The van der Waals surface area contributed by atoms with Crippen LogP contribution in [0, 0.1) is 25.2 Å². The number of aryl methyl sites for hydroxylation is 2. The van der Waals surface area contributed by atoms with Crippen molar-refractivity contribution >= 4 is 22.6 Å². The molecule has 0 atom stereocenters. The van der Waals surface area contributed by atoms with Crippen LogP contribution in [0.3, 0.4) is 0 Å². The second-order valence-electron chi connectivity index (χ2n) is 7.25. The van der Waals surface area contributed by atoms with Crippen LogP contribution in [0.1, 0.15) is 29.5 Å². The molecule has 2 saturated heterocycles. The average Bonchev–Trinajstić information content (AvgIpc) is 3.06. The van der Waals surface area contributed by atoms with E-state index in [0.717, 1.165) is 61.2 Å². The summed E-state index contributed by atoms with van der Waals surface area (Å²) in [4.78, 5) is 20.7. The molecule has 0 unspecified atom stereocenters. The third-order valence-corrected chi connectivity index (χ3v) is 5.51. The topological polar surface area (TPSA) is 72.3 Å². The fourth-order valence-corrected chi connectivity index (χ4v) is 4.31. The van der Waals surface area contributed by atoms with Crippen LogP contribution in [0.2, 0.25) is 0 Å². The summed E-state index contributed by atoms with van der Waals surface area (Å²) in [5.41, 5.74) is 4.89. The van der Waals surface area contributed by atoms with Crippen LogP contribution in [0.15, 0.2) is 18.3 Å². The number of benzene rings is 1. The molecule has 0 saturated carbocycles. The van der Waals surface area contributed by atoms with Crippen LogP contribution in [0.4, 0.5) is 10.5 Å². The van der Waals surface area contributed by atoms with Gasteiger partial charge in [-0.1, -0.05) is 11.6 Å². The molecular weight excluding hydrogens is 326 g/mol. The number of amides is 2. The molecule has 3 heterocycles. The lowest BCUT2D eigenvalue weighted by Crippen LogP contribution is -2.46. The summed E-state index contributed by atoms with van der Waals surface area (Å²) in [7, 11) is 0. The molecule has 2 fully saturated rings. The highest BCUT2D eigenvalue weighted by Gasteiger charge is 2.31. The van der Waals surface area contributed by atoms with Gasteiger partial charge in [-0.2, -0.15) is 5.26 Å². The first-order chi connectivity index (χ1) is 12.6. The second-order valence-corrected chi connectivity index (χ2v) is 7.25. The number of hydrogen-bond donors (Lipinski definition) is 1. The molecular formula is C20H23N5O. The Labute approximate surface area is 153 Å². The number of fused-ring (bicyclic) bond motifs is 1. The molecule has 2 amide bonds. The van der Waals surface area contributed by atoms with E-state index < -0.39 is 0 Å². The quantitative estimate of drug-likeness (QED) is 0.905. The zero-order valence-electron chi connectivity index (χ0n) is 15.2. The van der Waals surface area contributed by atoms with Crippen molar-refractivity contribution in [3.8, 4) is 6.07 Å². The maximum atomic E-state index is 11.9. The molecule has 0 bridgehead atoms. The number of pyridine rings is 1. The summed E-state index contributed by atoms with van der Waals surface area (Å²) < 4.78 is 0. The van der Waals surface area contributed by atoms with Gasteiger partial charge in [-0.25, -0.2) is 4.79 Å². The van der Waals surface area contributed by atoms with Crippen molar-refractivity contribution in [3.05, 3.63) is 35.0 Å². The van der Waals surface area contributed by atoms with Gasteiger partial charge in [0.05, 0.1) is 16.8 Å². The Morgan fingerprint density at radius 1 is 1.23 bits per heavy atom. The van der Waals surface area contributed by atoms with Gasteiger partial charge >= 0.3 is 6.03 Å². The summed E-state index contributed by atoms with van der Waals surface area (Å²) in [6, 6.07) is 6.92. The number of anilines is 1. The summed E-state index contributed by atoms with van der Waals surface area (Å²) in [5, 5.41) is 13.6. The van der Waals surface area contributed by atoms with Crippen LogP contribution in [0.25, 0.3) is 10.9 Å². The van der Waals surface area contributed by atoms with Gasteiger partial charge < -0.3 is 15.1 Å². The van der Waals surface area contributed by atoms with Crippen LogP contribution in [-0.4, -0.2) is 48.1 Å². The molecule has 0 aliphatic carbocycles. The molecule has 1 aromatic carbocycles. The SMILES string of the molecule is Cc1cc(C)c2ncc(C#N)c(N3CCC(N4CCNC4=O)CC3)c2c1. The second kappa shape index (κ2) is 6.49. The number of hydrogen-bond acceptors (Lipinski definition) is 4. The van der Waals surface area contributed by atoms with Crippen LogP contribution < -0.4 is 10.2 Å². The molecule has 6 heteroatoms. The minimum atomic E-state index is 0.0572. The van der Waals surface area contributed by atoms with Crippen molar-refractivity contribution < 1.29 is 4.79 Å².